The topological polar surface area (TPSA) is 77.5 Å². The van der Waals surface area contributed by atoms with Crippen molar-refractivity contribution < 1.29 is 32.2 Å². The zero-order valence-corrected chi connectivity index (χ0v) is 13.9. The van der Waals surface area contributed by atoms with E-state index in [9.17, 15) is 22.8 Å². The van der Waals surface area contributed by atoms with E-state index in [1.807, 2.05) is 0 Å². The Morgan fingerprint density at radius 2 is 2.07 bits per heavy atom. The number of hydrogen-bond acceptors (Lipinski definition) is 5. The average molecular weight is 380 g/mol. The van der Waals surface area contributed by atoms with Gasteiger partial charge in [-0.05, 0) is 23.8 Å². The highest BCUT2D eigenvalue weighted by Gasteiger charge is 2.32. The average Bonchev–Trinajstić information content (AvgIpc) is 3.04. The summed E-state index contributed by atoms with van der Waals surface area (Å²) >= 11 is 0. The molecule has 0 radical (unpaired) electrons. The van der Waals surface area contributed by atoms with E-state index < -0.39 is 35.9 Å². The van der Waals surface area contributed by atoms with Crippen LogP contribution in [0.4, 0.5) is 18.0 Å². The van der Waals surface area contributed by atoms with Crippen molar-refractivity contribution in [3.8, 4) is 0 Å². The van der Waals surface area contributed by atoms with Crippen LogP contribution in [0.25, 0.3) is 0 Å². The number of ether oxygens (including phenoxy) is 2. The predicted molar refractivity (Wildman–Crippen MR) is 86.5 cm³/mol. The van der Waals surface area contributed by atoms with E-state index in [2.05, 4.69) is 10.3 Å². The molecule has 2 aromatic rings. The Labute approximate surface area is 152 Å². The number of cyclic esters (lactones) is 1. The van der Waals surface area contributed by atoms with Crippen molar-refractivity contribution >= 4 is 12.1 Å². The number of nitrogens with one attached hydrogen (secondary N) is 1. The van der Waals surface area contributed by atoms with Crippen LogP contribution in [0.2, 0.25) is 0 Å². The lowest BCUT2D eigenvalue weighted by molar-refractivity contribution is -0.148. The first kappa shape index (κ1) is 18.7. The van der Waals surface area contributed by atoms with Crippen molar-refractivity contribution in [2.75, 3.05) is 6.61 Å². The molecular formula is C18H15F3N2O4. The summed E-state index contributed by atoms with van der Waals surface area (Å²) in [7, 11) is 0. The number of alkyl carbamates (subject to hydrolysis) is 1. The Morgan fingerprint density at radius 1 is 1.30 bits per heavy atom. The maximum atomic E-state index is 13.0. The summed E-state index contributed by atoms with van der Waals surface area (Å²) in [4.78, 5) is 27.2. The van der Waals surface area contributed by atoms with Gasteiger partial charge in [0.2, 0.25) is 0 Å². The SMILES string of the molecule is O=C(C[C@H]1COC(=O)N1)OC(c1cccnc1)c1cccc(C(F)(F)F)c1. The van der Waals surface area contributed by atoms with E-state index in [4.69, 9.17) is 9.47 Å². The van der Waals surface area contributed by atoms with Crippen LogP contribution in [0, 0.1) is 0 Å². The van der Waals surface area contributed by atoms with E-state index in [1.165, 1.54) is 24.5 Å². The molecule has 6 nitrogen and oxygen atoms in total. The number of hydrogen-bond donors (Lipinski definition) is 1. The molecule has 2 atom stereocenters. The van der Waals surface area contributed by atoms with Crippen molar-refractivity contribution in [1.82, 2.24) is 10.3 Å². The number of esters is 1. The minimum Gasteiger partial charge on any atom is -0.452 e. The molecule has 0 aliphatic carbocycles. The molecule has 9 heteroatoms. The summed E-state index contributed by atoms with van der Waals surface area (Å²) in [6.45, 7) is 0.0229. The third kappa shape index (κ3) is 4.75. The third-order valence-electron chi connectivity index (χ3n) is 3.90. The van der Waals surface area contributed by atoms with Gasteiger partial charge in [0.05, 0.1) is 18.0 Å². The van der Waals surface area contributed by atoms with Gasteiger partial charge < -0.3 is 14.8 Å². The summed E-state index contributed by atoms with van der Waals surface area (Å²) in [5.74, 6) is -0.683. The number of halogens is 3. The first-order chi connectivity index (χ1) is 12.8. The van der Waals surface area contributed by atoms with Crippen molar-refractivity contribution in [2.45, 2.75) is 24.7 Å². The van der Waals surface area contributed by atoms with E-state index >= 15 is 0 Å². The Hall–Kier alpha value is -3.10. The monoisotopic (exact) mass is 380 g/mol. The number of aromatic nitrogens is 1. The fourth-order valence-electron chi connectivity index (χ4n) is 2.65. The van der Waals surface area contributed by atoms with Gasteiger partial charge in [-0.15, -0.1) is 0 Å². The Morgan fingerprint density at radius 3 is 2.70 bits per heavy atom. The van der Waals surface area contributed by atoms with E-state index in [0.717, 1.165) is 12.1 Å². The third-order valence-corrected chi connectivity index (χ3v) is 3.90. The van der Waals surface area contributed by atoms with Gasteiger partial charge in [-0.3, -0.25) is 9.78 Å². The Balaban J connectivity index is 1.84. The van der Waals surface area contributed by atoms with E-state index in [-0.39, 0.29) is 18.6 Å². The molecule has 27 heavy (non-hydrogen) atoms. The fourth-order valence-corrected chi connectivity index (χ4v) is 2.65. The molecule has 1 aromatic carbocycles. The van der Waals surface area contributed by atoms with Gasteiger partial charge in [-0.25, -0.2) is 4.79 Å². The molecule has 1 saturated heterocycles. The number of carbonyl (C=O) groups is 2. The molecule has 1 aliphatic heterocycles. The smallest absolute Gasteiger partial charge is 0.416 e. The predicted octanol–water partition coefficient (Wildman–Crippen LogP) is 3.23. The summed E-state index contributed by atoms with van der Waals surface area (Å²) in [6.07, 6.45) is -3.47. The second kappa shape index (κ2) is 7.65. The molecule has 1 fully saturated rings. The molecule has 1 N–H and O–H groups in total. The zero-order valence-electron chi connectivity index (χ0n) is 13.9. The van der Waals surface area contributed by atoms with Gasteiger partial charge in [-0.2, -0.15) is 13.2 Å². The number of rotatable bonds is 5. The number of pyridine rings is 1. The molecule has 142 valence electrons. The first-order valence-electron chi connectivity index (χ1n) is 8.03. The number of alkyl halides is 3. The molecule has 0 saturated carbocycles. The van der Waals surface area contributed by atoms with Gasteiger partial charge in [0, 0.05) is 18.0 Å². The van der Waals surface area contributed by atoms with Crippen LogP contribution in [-0.2, 0) is 20.4 Å². The number of carbonyl (C=O) groups excluding carboxylic acids is 2. The van der Waals surface area contributed by atoms with Gasteiger partial charge in [0.15, 0.2) is 6.10 Å². The molecule has 0 bridgehead atoms. The quantitative estimate of drug-likeness (QED) is 0.806. The maximum absolute atomic E-state index is 13.0. The highest BCUT2D eigenvalue weighted by atomic mass is 19.4. The van der Waals surface area contributed by atoms with Crippen LogP contribution in [0.5, 0.6) is 0 Å². The summed E-state index contributed by atoms with van der Waals surface area (Å²) in [6, 6.07) is 7.23. The van der Waals surface area contributed by atoms with Gasteiger partial charge >= 0.3 is 18.2 Å². The minimum atomic E-state index is -4.52. The van der Waals surface area contributed by atoms with Crippen molar-refractivity contribution in [2.24, 2.45) is 0 Å². The lowest BCUT2D eigenvalue weighted by Crippen LogP contribution is -2.30. The molecule has 2 heterocycles. The lowest BCUT2D eigenvalue weighted by Gasteiger charge is -2.20. The largest absolute Gasteiger partial charge is 0.452 e. The van der Waals surface area contributed by atoms with Crippen LogP contribution >= 0.6 is 0 Å². The zero-order chi connectivity index (χ0) is 19.4. The van der Waals surface area contributed by atoms with Gasteiger partial charge in [0.25, 0.3) is 0 Å². The van der Waals surface area contributed by atoms with Crippen LogP contribution in [0.1, 0.15) is 29.2 Å². The summed E-state index contributed by atoms with van der Waals surface area (Å²) in [5.41, 5.74) is -0.254. The standard InChI is InChI=1S/C18H15F3N2O4/c19-18(20,21)13-5-1-3-11(7-13)16(12-4-2-6-22-9-12)27-15(24)8-14-10-26-17(25)23-14/h1-7,9,14,16H,8,10H2,(H,23,25)/t14-,16?/m0/s1. The van der Waals surface area contributed by atoms with E-state index in [1.54, 1.807) is 12.1 Å². The molecule has 0 spiro atoms. The van der Waals surface area contributed by atoms with E-state index in [0.29, 0.717) is 5.56 Å². The van der Waals surface area contributed by atoms with Crippen molar-refractivity contribution in [1.29, 1.82) is 0 Å². The second-order valence-electron chi connectivity index (χ2n) is 5.92. The van der Waals surface area contributed by atoms with Gasteiger partial charge in [0.1, 0.15) is 6.61 Å². The van der Waals surface area contributed by atoms with Crippen molar-refractivity contribution in [3.63, 3.8) is 0 Å². The normalized spacial score (nSPS) is 17.7. The molecular weight excluding hydrogens is 365 g/mol. The number of nitrogens with zero attached hydrogens (tertiary/aromatic N) is 1. The highest BCUT2D eigenvalue weighted by molar-refractivity contribution is 5.74. The summed E-state index contributed by atoms with van der Waals surface area (Å²) in [5, 5.41) is 2.44. The molecule has 1 aromatic heterocycles. The van der Waals surface area contributed by atoms with Crippen LogP contribution in [0.3, 0.4) is 0 Å². The Bertz CT molecular complexity index is 827. The first-order valence-corrected chi connectivity index (χ1v) is 8.03. The van der Waals surface area contributed by atoms with Crippen LogP contribution in [-0.4, -0.2) is 29.7 Å². The number of benzene rings is 1. The molecule has 3 rings (SSSR count). The minimum absolute atomic E-state index is 0.0229. The Kier molecular flexibility index (Phi) is 5.29. The molecule has 1 aliphatic rings. The number of amides is 1. The van der Waals surface area contributed by atoms with Gasteiger partial charge in [-0.1, -0.05) is 18.2 Å². The molecule has 1 amide bonds. The van der Waals surface area contributed by atoms with Crippen molar-refractivity contribution in [3.05, 3.63) is 65.5 Å². The van der Waals surface area contributed by atoms with Crippen LogP contribution in [0.15, 0.2) is 48.8 Å². The molecule has 1 unspecified atom stereocenters. The highest BCUT2D eigenvalue weighted by Crippen LogP contribution is 2.33. The summed E-state index contributed by atoms with van der Waals surface area (Å²) < 4.78 is 49.2. The second-order valence-corrected chi connectivity index (χ2v) is 5.92. The van der Waals surface area contributed by atoms with Crippen LogP contribution < -0.4 is 5.32 Å². The maximum Gasteiger partial charge on any atom is 0.416 e. The fraction of sp³-hybridized carbons (Fsp3) is 0.278. The lowest BCUT2D eigenvalue weighted by atomic mass is 10.0.